The first-order valence-electron chi connectivity index (χ1n) is 3.20. The summed E-state index contributed by atoms with van der Waals surface area (Å²) in [6, 6.07) is 0. The van der Waals surface area contributed by atoms with E-state index in [9.17, 15) is 17.2 Å². The van der Waals surface area contributed by atoms with Gasteiger partial charge in [-0.3, -0.25) is 9.29 Å². The van der Waals surface area contributed by atoms with Crippen LogP contribution in [0.4, 0.5) is 8.78 Å². The van der Waals surface area contributed by atoms with Gasteiger partial charge in [0, 0.05) is 7.11 Å². The Labute approximate surface area is 74.4 Å². The number of methoxy groups -OCH3 is 1. The first kappa shape index (κ1) is 12.7. The van der Waals surface area contributed by atoms with Gasteiger partial charge in [0.1, 0.15) is 6.61 Å². The van der Waals surface area contributed by atoms with E-state index in [0.29, 0.717) is 0 Å². The Morgan fingerprint density at radius 3 is 2.31 bits per heavy atom. The molecule has 0 heterocycles. The maximum Gasteiger partial charge on any atom is 0.380 e. The fraction of sp³-hybridized carbons (Fsp3) is 1.00. The standard InChI is InChI=1S/C5H10F2O5S/c1-4(13(8,9)10)12-5(6,7)3-11-2/h4H,3H2,1-2H3,(H,8,9,10). The summed E-state index contributed by atoms with van der Waals surface area (Å²) in [6.45, 7) is -0.286. The minimum atomic E-state index is -4.61. The van der Waals surface area contributed by atoms with Crippen LogP contribution >= 0.6 is 0 Å². The lowest BCUT2D eigenvalue weighted by atomic mass is 10.6. The van der Waals surface area contributed by atoms with E-state index in [0.717, 1.165) is 14.0 Å². The van der Waals surface area contributed by atoms with Gasteiger partial charge < -0.3 is 4.74 Å². The Kier molecular flexibility index (Phi) is 4.17. The highest BCUT2D eigenvalue weighted by Crippen LogP contribution is 2.19. The van der Waals surface area contributed by atoms with E-state index in [1.807, 2.05) is 0 Å². The number of rotatable bonds is 5. The van der Waals surface area contributed by atoms with Crippen molar-refractivity contribution >= 4 is 10.1 Å². The van der Waals surface area contributed by atoms with Gasteiger partial charge in [-0.15, -0.1) is 0 Å². The third kappa shape index (κ3) is 5.09. The van der Waals surface area contributed by atoms with Crippen LogP contribution in [0.1, 0.15) is 6.92 Å². The maximum atomic E-state index is 12.5. The predicted octanol–water partition coefficient (Wildman–Crippen LogP) is 0.476. The van der Waals surface area contributed by atoms with Gasteiger partial charge in [-0.1, -0.05) is 0 Å². The maximum absolute atomic E-state index is 12.5. The molecule has 0 radical (unpaired) electrons. The third-order valence-electron chi connectivity index (χ3n) is 1.07. The molecular weight excluding hydrogens is 210 g/mol. The van der Waals surface area contributed by atoms with Crippen molar-refractivity contribution in [3.05, 3.63) is 0 Å². The quantitative estimate of drug-likeness (QED) is 0.682. The summed E-state index contributed by atoms with van der Waals surface area (Å²) in [5, 5.41) is 0. The topological polar surface area (TPSA) is 72.8 Å². The van der Waals surface area contributed by atoms with E-state index in [4.69, 9.17) is 4.55 Å². The molecule has 0 saturated heterocycles. The monoisotopic (exact) mass is 220 g/mol. The van der Waals surface area contributed by atoms with Gasteiger partial charge in [0.15, 0.2) is 5.44 Å². The summed E-state index contributed by atoms with van der Waals surface area (Å²) in [7, 11) is -3.60. The molecule has 0 amide bonds. The molecule has 0 aromatic carbocycles. The zero-order chi connectivity index (χ0) is 10.7. The predicted molar refractivity (Wildman–Crippen MR) is 38.9 cm³/mol. The minimum Gasteiger partial charge on any atom is -0.376 e. The normalized spacial score (nSPS) is 15.8. The lowest BCUT2D eigenvalue weighted by Crippen LogP contribution is -2.34. The summed E-state index contributed by atoms with van der Waals surface area (Å²) in [6.07, 6.45) is -3.73. The molecule has 80 valence electrons. The van der Waals surface area contributed by atoms with Crippen molar-refractivity contribution in [2.24, 2.45) is 0 Å². The number of hydrogen-bond acceptors (Lipinski definition) is 4. The van der Waals surface area contributed by atoms with Crippen molar-refractivity contribution in [1.82, 2.24) is 0 Å². The van der Waals surface area contributed by atoms with Crippen LogP contribution in [-0.4, -0.2) is 38.2 Å². The van der Waals surface area contributed by atoms with Crippen LogP contribution in [0.25, 0.3) is 0 Å². The van der Waals surface area contributed by atoms with Gasteiger partial charge in [0.2, 0.25) is 0 Å². The Morgan fingerprint density at radius 2 is 2.00 bits per heavy atom. The highest BCUT2D eigenvalue weighted by molar-refractivity contribution is 7.86. The van der Waals surface area contributed by atoms with E-state index in [1.54, 1.807) is 0 Å². The summed E-state index contributed by atoms with van der Waals surface area (Å²) >= 11 is 0. The highest BCUT2D eigenvalue weighted by atomic mass is 32.2. The molecule has 5 nitrogen and oxygen atoms in total. The zero-order valence-electron chi connectivity index (χ0n) is 7.03. The molecule has 0 aliphatic rings. The van der Waals surface area contributed by atoms with Crippen molar-refractivity contribution < 1.29 is 31.2 Å². The highest BCUT2D eigenvalue weighted by Gasteiger charge is 2.36. The number of ether oxygens (including phenoxy) is 2. The number of halogens is 2. The molecule has 0 aromatic rings. The molecule has 8 heteroatoms. The molecule has 0 aliphatic heterocycles. The average Bonchev–Trinajstić information content (AvgIpc) is 1.83. The first-order chi connectivity index (χ1) is 5.69. The number of alkyl halides is 2. The lowest BCUT2D eigenvalue weighted by Gasteiger charge is -2.18. The van der Waals surface area contributed by atoms with Crippen molar-refractivity contribution in [2.45, 2.75) is 18.5 Å². The van der Waals surface area contributed by atoms with E-state index >= 15 is 0 Å². The first-order valence-corrected chi connectivity index (χ1v) is 4.70. The molecule has 0 saturated carbocycles. The van der Waals surface area contributed by atoms with Crippen LogP contribution < -0.4 is 0 Å². The largest absolute Gasteiger partial charge is 0.380 e. The van der Waals surface area contributed by atoms with E-state index in [-0.39, 0.29) is 0 Å². The smallest absolute Gasteiger partial charge is 0.376 e. The summed E-state index contributed by atoms with van der Waals surface area (Å²) in [5.41, 5.74) is -1.99. The molecule has 13 heavy (non-hydrogen) atoms. The number of hydrogen-bond donors (Lipinski definition) is 1. The Hall–Kier alpha value is -0.310. The average molecular weight is 220 g/mol. The Balaban J connectivity index is 4.28. The SMILES string of the molecule is COCC(F)(F)OC(C)S(=O)(=O)O. The fourth-order valence-electron chi connectivity index (χ4n) is 0.506. The van der Waals surface area contributed by atoms with Crippen LogP contribution in [0.2, 0.25) is 0 Å². The van der Waals surface area contributed by atoms with E-state index in [2.05, 4.69) is 9.47 Å². The molecule has 0 aromatic heterocycles. The third-order valence-corrected chi connectivity index (χ3v) is 2.01. The van der Waals surface area contributed by atoms with Gasteiger partial charge in [-0.25, -0.2) is 0 Å². The second kappa shape index (κ2) is 4.27. The molecule has 0 aliphatic carbocycles. The molecule has 0 rings (SSSR count). The molecular formula is C5H10F2O5S. The van der Waals surface area contributed by atoms with Gasteiger partial charge in [0.25, 0.3) is 10.1 Å². The molecule has 1 atom stereocenters. The van der Waals surface area contributed by atoms with Crippen molar-refractivity contribution in [3.8, 4) is 0 Å². The molecule has 1 unspecified atom stereocenters. The Morgan fingerprint density at radius 1 is 1.54 bits per heavy atom. The van der Waals surface area contributed by atoms with Gasteiger partial charge in [-0.2, -0.15) is 17.2 Å². The fourth-order valence-corrected chi connectivity index (χ4v) is 0.768. The summed E-state index contributed by atoms with van der Waals surface area (Å²) < 4.78 is 61.6. The lowest BCUT2D eigenvalue weighted by molar-refractivity contribution is -0.267. The van der Waals surface area contributed by atoms with Crippen LogP contribution in [0, 0.1) is 0 Å². The molecule has 0 spiro atoms. The second-order valence-electron chi connectivity index (χ2n) is 2.27. The van der Waals surface area contributed by atoms with Crippen molar-refractivity contribution in [2.75, 3.05) is 13.7 Å². The van der Waals surface area contributed by atoms with Gasteiger partial charge >= 0.3 is 6.11 Å². The molecule has 0 bridgehead atoms. The van der Waals surface area contributed by atoms with E-state index in [1.165, 1.54) is 0 Å². The Bertz CT molecular complexity index is 250. The summed E-state index contributed by atoms with van der Waals surface area (Å²) in [5.74, 6) is 0. The summed E-state index contributed by atoms with van der Waals surface area (Å²) in [4.78, 5) is 0. The van der Waals surface area contributed by atoms with Gasteiger partial charge in [-0.05, 0) is 6.92 Å². The molecule has 0 fully saturated rings. The molecule has 1 N–H and O–H groups in total. The minimum absolute atomic E-state index is 0.791. The van der Waals surface area contributed by atoms with Crippen molar-refractivity contribution in [1.29, 1.82) is 0 Å². The second-order valence-corrected chi connectivity index (χ2v) is 3.96. The van der Waals surface area contributed by atoms with Crippen LogP contribution in [0.15, 0.2) is 0 Å². The van der Waals surface area contributed by atoms with Crippen LogP contribution in [0.3, 0.4) is 0 Å². The van der Waals surface area contributed by atoms with Gasteiger partial charge in [0.05, 0.1) is 0 Å². The van der Waals surface area contributed by atoms with Crippen molar-refractivity contribution in [3.63, 3.8) is 0 Å². The van der Waals surface area contributed by atoms with Crippen LogP contribution in [-0.2, 0) is 19.6 Å². The van der Waals surface area contributed by atoms with Crippen LogP contribution in [0.5, 0.6) is 0 Å². The van der Waals surface area contributed by atoms with E-state index < -0.39 is 28.3 Å². The zero-order valence-corrected chi connectivity index (χ0v) is 7.85.